The van der Waals surface area contributed by atoms with Crippen LogP contribution in [0.2, 0.25) is 0 Å². The lowest BCUT2D eigenvalue weighted by Gasteiger charge is -2.29. The van der Waals surface area contributed by atoms with E-state index in [-0.39, 0.29) is 18.2 Å². The molecule has 1 aliphatic heterocycles. The molecule has 0 spiro atoms. The van der Waals surface area contributed by atoms with Gasteiger partial charge in [0.1, 0.15) is 5.75 Å². The van der Waals surface area contributed by atoms with Crippen molar-refractivity contribution in [3.63, 3.8) is 0 Å². The van der Waals surface area contributed by atoms with Crippen molar-refractivity contribution in [2.45, 2.75) is 19.3 Å². The van der Waals surface area contributed by atoms with Gasteiger partial charge in [0, 0.05) is 30.8 Å². The quantitative estimate of drug-likeness (QED) is 0.912. The van der Waals surface area contributed by atoms with Crippen molar-refractivity contribution in [1.82, 2.24) is 5.32 Å². The second kappa shape index (κ2) is 7.83. The minimum Gasteiger partial charge on any atom is -0.497 e. The SMILES string of the molecule is COc1cccc(C(=O)NCCC(=O)N2CCCc3ccccc32)c1. The van der Waals surface area contributed by atoms with Crippen LogP contribution in [0.5, 0.6) is 5.75 Å². The molecule has 2 amide bonds. The molecule has 0 saturated heterocycles. The fourth-order valence-electron chi connectivity index (χ4n) is 3.08. The summed E-state index contributed by atoms with van der Waals surface area (Å²) in [7, 11) is 1.56. The zero-order valence-corrected chi connectivity index (χ0v) is 14.3. The van der Waals surface area contributed by atoms with Gasteiger partial charge in [0.05, 0.1) is 7.11 Å². The van der Waals surface area contributed by atoms with Gasteiger partial charge in [0.2, 0.25) is 5.91 Å². The number of nitrogens with zero attached hydrogens (tertiary/aromatic N) is 1. The summed E-state index contributed by atoms with van der Waals surface area (Å²) in [6.45, 7) is 1.05. The molecule has 0 fully saturated rings. The van der Waals surface area contributed by atoms with Crippen LogP contribution in [0.3, 0.4) is 0 Å². The normalized spacial score (nSPS) is 13.1. The summed E-state index contributed by atoms with van der Waals surface area (Å²) in [6.07, 6.45) is 2.26. The van der Waals surface area contributed by atoms with Gasteiger partial charge in [-0.3, -0.25) is 9.59 Å². The third-order valence-corrected chi connectivity index (χ3v) is 4.37. The number of benzene rings is 2. The molecule has 0 aromatic heterocycles. The zero-order chi connectivity index (χ0) is 17.6. The maximum Gasteiger partial charge on any atom is 0.251 e. The molecule has 130 valence electrons. The van der Waals surface area contributed by atoms with Crippen molar-refractivity contribution < 1.29 is 14.3 Å². The van der Waals surface area contributed by atoms with E-state index in [1.807, 2.05) is 23.1 Å². The average Bonchev–Trinajstić information content (AvgIpc) is 2.67. The third kappa shape index (κ3) is 3.99. The molecular formula is C20H22N2O3. The number of anilines is 1. The van der Waals surface area contributed by atoms with E-state index in [2.05, 4.69) is 11.4 Å². The van der Waals surface area contributed by atoms with Crippen molar-refractivity contribution >= 4 is 17.5 Å². The summed E-state index contributed by atoms with van der Waals surface area (Å²) in [6, 6.07) is 15.0. The molecule has 0 radical (unpaired) electrons. The Hall–Kier alpha value is -2.82. The molecule has 3 rings (SSSR count). The fraction of sp³-hybridized carbons (Fsp3) is 0.300. The molecular weight excluding hydrogens is 316 g/mol. The Morgan fingerprint density at radius 2 is 2.00 bits per heavy atom. The van der Waals surface area contributed by atoms with Crippen LogP contribution in [0.15, 0.2) is 48.5 Å². The smallest absolute Gasteiger partial charge is 0.251 e. The van der Waals surface area contributed by atoms with Crippen LogP contribution >= 0.6 is 0 Å². The number of amides is 2. The number of methoxy groups -OCH3 is 1. The summed E-state index contributed by atoms with van der Waals surface area (Å²) >= 11 is 0. The van der Waals surface area contributed by atoms with Crippen LogP contribution < -0.4 is 15.0 Å². The van der Waals surface area contributed by atoms with Gasteiger partial charge in [0.25, 0.3) is 5.91 Å². The van der Waals surface area contributed by atoms with Gasteiger partial charge in [-0.25, -0.2) is 0 Å². The molecule has 1 heterocycles. The first-order valence-corrected chi connectivity index (χ1v) is 8.49. The molecule has 25 heavy (non-hydrogen) atoms. The Morgan fingerprint density at radius 3 is 2.84 bits per heavy atom. The predicted octanol–water partition coefficient (Wildman–Crippen LogP) is 2.79. The number of rotatable bonds is 5. The Morgan fingerprint density at radius 1 is 1.16 bits per heavy atom. The number of hydrogen-bond acceptors (Lipinski definition) is 3. The number of carbonyl (C=O) groups excluding carboxylic acids is 2. The minimum absolute atomic E-state index is 0.0399. The highest BCUT2D eigenvalue weighted by Gasteiger charge is 2.21. The fourth-order valence-corrected chi connectivity index (χ4v) is 3.08. The Bertz CT molecular complexity index is 773. The van der Waals surface area contributed by atoms with Gasteiger partial charge in [0.15, 0.2) is 0 Å². The number of aryl methyl sites for hydroxylation is 1. The third-order valence-electron chi connectivity index (χ3n) is 4.37. The van der Waals surface area contributed by atoms with Crippen LogP contribution in [0.25, 0.3) is 0 Å². The number of fused-ring (bicyclic) bond motifs is 1. The lowest BCUT2D eigenvalue weighted by Crippen LogP contribution is -2.37. The first-order chi connectivity index (χ1) is 12.2. The summed E-state index contributed by atoms with van der Waals surface area (Å²) in [5.74, 6) is 0.470. The van der Waals surface area contributed by atoms with Gasteiger partial charge >= 0.3 is 0 Å². The van der Waals surface area contributed by atoms with Crippen LogP contribution in [-0.2, 0) is 11.2 Å². The van der Waals surface area contributed by atoms with Crippen molar-refractivity contribution in [2.75, 3.05) is 25.1 Å². The van der Waals surface area contributed by atoms with E-state index >= 15 is 0 Å². The van der Waals surface area contributed by atoms with Crippen molar-refractivity contribution in [1.29, 1.82) is 0 Å². The van der Waals surface area contributed by atoms with Gasteiger partial charge < -0.3 is 15.0 Å². The highest BCUT2D eigenvalue weighted by atomic mass is 16.5. The van der Waals surface area contributed by atoms with E-state index in [4.69, 9.17) is 4.74 Å². The van der Waals surface area contributed by atoms with E-state index in [1.165, 1.54) is 5.56 Å². The summed E-state index contributed by atoms with van der Waals surface area (Å²) in [5.41, 5.74) is 2.73. The minimum atomic E-state index is -0.203. The monoisotopic (exact) mass is 338 g/mol. The van der Waals surface area contributed by atoms with E-state index in [1.54, 1.807) is 31.4 Å². The van der Waals surface area contributed by atoms with E-state index < -0.39 is 0 Å². The molecule has 0 unspecified atom stereocenters. The molecule has 0 saturated carbocycles. The summed E-state index contributed by atoms with van der Waals surface area (Å²) in [5, 5.41) is 2.80. The number of para-hydroxylation sites is 1. The summed E-state index contributed by atoms with van der Waals surface area (Å²) < 4.78 is 5.12. The standard InChI is InChI=1S/C20H22N2O3/c1-25-17-9-4-7-16(14-17)20(24)21-12-11-19(23)22-13-5-8-15-6-2-3-10-18(15)22/h2-4,6-7,9-10,14H,5,8,11-13H2,1H3,(H,21,24). The highest BCUT2D eigenvalue weighted by molar-refractivity contribution is 5.96. The maximum atomic E-state index is 12.5. The van der Waals surface area contributed by atoms with Gasteiger partial charge in [-0.05, 0) is 42.7 Å². The van der Waals surface area contributed by atoms with Gasteiger partial charge in [-0.15, -0.1) is 0 Å². The molecule has 0 bridgehead atoms. The Balaban J connectivity index is 1.55. The highest BCUT2D eigenvalue weighted by Crippen LogP contribution is 2.27. The number of hydrogen-bond donors (Lipinski definition) is 1. The molecule has 5 nitrogen and oxygen atoms in total. The Labute approximate surface area is 147 Å². The van der Waals surface area contributed by atoms with Crippen molar-refractivity contribution in [3.05, 3.63) is 59.7 Å². The van der Waals surface area contributed by atoms with Crippen LogP contribution in [-0.4, -0.2) is 32.0 Å². The van der Waals surface area contributed by atoms with Gasteiger partial charge in [-0.2, -0.15) is 0 Å². The lowest BCUT2D eigenvalue weighted by atomic mass is 10.0. The van der Waals surface area contributed by atoms with Crippen LogP contribution in [0, 0.1) is 0 Å². The lowest BCUT2D eigenvalue weighted by molar-refractivity contribution is -0.118. The molecule has 1 N–H and O–H groups in total. The molecule has 0 aliphatic carbocycles. The molecule has 5 heteroatoms. The number of nitrogens with one attached hydrogen (secondary N) is 1. The molecule has 1 aliphatic rings. The maximum absolute atomic E-state index is 12.5. The van der Waals surface area contributed by atoms with Gasteiger partial charge in [-0.1, -0.05) is 24.3 Å². The number of ether oxygens (including phenoxy) is 1. The van der Waals surface area contributed by atoms with Crippen LogP contribution in [0.4, 0.5) is 5.69 Å². The number of carbonyl (C=O) groups is 2. The zero-order valence-electron chi connectivity index (χ0n) is 14.3. The second-order valence-corrected chi connectivity index (χ2v) is 6.02. The van der Waals surface area contributed by atoms with Crippen molar-refractivity contribution in [2.24, 2.45) is 0 Å². The summed E-state index contributed by atoms with van der Waals surface area (Å²) in [4.78, 5) is 26.5. The topological polar surface area (TPSA) is 58.6 Å². The molecule has 2 aromatic carbocycles. The largest absolute Gasteiger partial charge is 0.497 e. The van der Waals surface area contributed by atoms with E-state index in [9.17, 15) is 9.59 Å². The molecule has 0 atom stereocenters. The first kappa shape index (κ1) is 17.0. The van der Waals surface area contributed by atoms with Crippen molar-refractivity contribution in [3.8, 4) is 5.75 Å². The predicted molar refractivity (Wildman–Crippen MR) is 97.1 cm³/mol. The second-order valence-electron chi connectivity index (χ2n) is 6.02. The van der Waals surface area contributed by atoms with E-state index in [0.717, 1.165) is 25.1 Å². The van der Waals surface area contributed by atoms with Crippen LogP contribution in [0.1, 0.15) is 28.8 Å². The average molecular weight is 338 g/mol. The molecule has 2 aromatic rings. The Kier molecular flexibility index (Phi) is 5.33. The first-order valence-electron chi connectivity index (χ1n) is 8.49. The van der Waals surface area contributed by atoms with E-state index in [0.29, 0.717) is 17.9 Å².